The van der Waals surface area contributed by atoms with Gasteiger partial charge in [-0.25, -0.2) is 4.98 Å². The number of carbonyl (C=O) groups excluding carboxylic acids is 2. The van der Waals surface area contributed by atoms with E-state index in [-0.39, 0.29) is 30.0 Å². The number of hydrogen-bond acceptors (Lipinski definition) is 6. The third kappa shape index (κ3) is 6.99. The Balaban J connectivity index is 1.36. The van der Waals surface area contributed by atoms with Crippen molar-refractivity contribution in [1.29, 1.82) is 0 Å². The van der Waals surface area contributed by atoms with Gasteiger partial charge in [0.2, 0.25) is 5.91 Å². The van der Waals surface area contributed by atoms with Crippen molar-refractivity contribution in [3.63, 3.8) is 0 Å². The van der Waals surface area contributed by atoms with Gasteiger partial charge in [0.1, 0.15) is 5.69 Å². The normalized spacial score (nSPS) is 14.1. The van der Waals surface area contributed by atoms with Gasteiger partial charge in [-0.1, -0.05) is 60.7 Å². The number of ether oxygens (including phenoxy) is 1. The minimum absolute atomic E-state index is 0.0563. The molecule has 0 aliphatic carbocycles. The second-order valence-corrected chi connectivity index (χ2v) is 9.22. The van der Waals surface area contributed by atoms with Crippen LogP contribution in [0.4, 0.5) is 0 Å². The van der Waals surface area contributed by atoms with Crippen LogP contribution in [0.15, 0.2) is 73.1 Å². The molecule has 2 aromatic carbocycles. The number of aromatic nitrogens is 2. The maximum Gasteiger partial charge on any atom is 0.274 e. The van der Waals surface area contributed by atoms with Crippen LogP contribution in [-0.2, 0) is 9.53 Å². The fourth-order valence-corrected chi connectivity index (χ4v) is 4.68. The molecule has 0 spiro atoms. The Morgan fingerprint density at radius 2 is 1.51 bits per heavy atom. The molecule has 1 saturated heterocycles. The number of benzene rings is 2. The fraction of sp³-hybridized carbons (Fsp3) is 0.379. The zero-order valence-corrected chi connectivity index (χ0v) is 21.6. The third-order valence-electron chi connectivity index (χ3n) is 6.71. The number of carbonyl (C=O) groups is 2. The molecule has 0 radical (unpaired) electrons. The minimum atomic E-state index is -0.240. The molecular weight excluding hydrogens is 466 g/mol. The summed E-state index contributed by atoms with van der Waals surface area (Å²) in [6.07, 6.45) is 3.31. The van der Waals surface area contributed by atoms with Crippen LogP contribution < -0.4 is 0 Å². The summed E-state index contributed by atoms with van der Waals surface area (Å²) in [5, 5.41) is 0. The van der Waals surface area contributed by atoms with Gasteiger partial charge in [-0.2, -0.15) is 0 Å². The molecule has 0 N–H and O–H groups in total. The number of rotatable bonds is 10. The lowest BCUT2D eigenvalue weighted by Gasteiger charge is -2.40. The number of piperazine rings is 1. The van der Waals surface area contributed by atoms with Crippen molar-refractivity contribution >= 4 is 11.8 Å². The molecule has 8 heteroatoms. The zero-order valence-electron chi connectivity index (χ0n) is 21.6. The van der Waals surface area contributed by atoms with E-state index in [0.29, 0.717) is 32.8 Å². The number of amides is 2. The van der Waals surface area contributed by atoms with Crippen molar-refractivity contribution in [3.05, 3.63) is 95.6 Å². The molecule has 2 heterocycles. The topological polar surface area (TPSA) is 78.9 Å². The molecule has 1 aliphatic rings. The van der Waals surface area contributed by atoms with Gasteiger partial charge >= 0.3 is 0 Å². The molecule has 1 aliphatic heterocycles. The standard InChI is InChI=1S/C29H35N5O3/c1-23-21-31-26(22-30-23)29(36)34(19-20-37-2)14-13-27(35)32-15-17-33(18-16-32)28(24-9-5-3-6-10-24)25-11-7-4-8-12-25/h3-12,21-22,28H,13-20H2,1-2H3. The van der Waals surface area contributed by atoms with Crippen LogP contribution in [-0.4, -0.2) is 89.5 Å². The number of aryl methyl sites for hydroxylation is 1. The van der Waals surface area contributed by atoms with Crippen molar-refractivity contribution in [1.82, 2.24) is 24.7 Å². The monoisotopic (exact) mass is 501 g/mol. The molecule has 0 bridgehead atoms. The van der Waals surface area contributed by atoms with Crippen LogP contribution in [0.2, 0.25) is 0 Å². The third-order valence-corrected chi connectivity index (χ3v) is 6.71. The summed E-state index contributed by atoms with van der Waals surface area (Å²) in [6.45, 7) is 5.80. The minimum Gasteiger partial charge on any atom is -0.383 e. The van der Waals surface area contributed by atoms with Gasteiger partial charge in [0.15, 0.2) is 0 Å². The van der Waals surface area contributed by atoms with E-state index in [4.69, 9.17) is 4.74 Å². The van der Waals surface area contributed by atoms with Gasteiger partial charge in [-0.3, -0.25) is 19.5 Å². The molecule has 4 rings (SSSR count). The van der Waals surface area contributed by atoms with Crippen molar-refractivity contribution in [2.75, 3.05) is 53.0 Å². The van der Waals surface area contributed by atoms with E-state index < -0.39 is 0 Å². The lowest BCUT2D eigenvalue weighted by atomic mass is 9.96. The largest absolute Gasteiger partial charge is 0.383 e. The smallest absolute Gasteiger partial charge is 0.274 e. The van der Waals surface area contributed by atoms with Gasteiger partial charge in [-0.05, 0) is 18.1 Å². The SMILES string of the molecule is COCCN(CCC(=O)N1CCN(C(c2ccccc2)c2ccccc2)CC1)C(=O)c1cnc(C)cn1. The highest BCUT2D eigenvalue weighted by Gasteiger charge is 2.28. The highest BCUT2D eigenvalue weighted by Crippen LogP contribution is 2.29. The van der Waals surface area contributed by atoms with Crippen LogP contribution in [0.3, 0.4) is 0 Å². The predicted molar refractivity (Wildman–Crippen MR) is 142 cm³/mol. The molecule has 0 unspecified atom stereocenters. The van der Waals surface area contributed by atoms with Crippen molar-refractivity contribution in [2.45, 2.75) is 19.4 Å². The van der Waals surface area contributed by atoms with E-state index in [0.717, 1.165) is 18.8 Å². The van der Waals surface area contributed by atoms with Crippen LogP contribution in [0.1, 0.15) is 39.8 Å². The van der Waals surface area contributed by atoms with Crippen LogP contribution >= 0.6 is 0 Å². The van der Waals surface area contributed by atoms with E-state index in [1.54, 1.807) is 18.2 Å². The van der Waals surface area contributed by atoms with Crippen LogP contribution in [0, 0.1) is 6.92 Å². The summed E-state index contributed by atoms with van der Waals surface area (Å²) >= 11 is 0. The molecule has 0 atom stereocenters. The molecule has 3 aromatic rings. The Morgan fingerprint density at radius 3 is 2.05 bits per heavy atom. The Bertz CT molecular complexity index is 1090. The first kappa shape index (κ1) is 26.4. The average Bonchev–Trinajstić information content (AvgIpc) is 2.95. The van der Waals surface area contributed by atoms with E-state index >= 15 is 0 Å². The maximum atomic E-state index is 13.1. The zero-order chi connectivity index (χ0) is 26.0. The quantitative estimate of drug-likeness (QED) is 0.425. The van der Waals surface area contributed by atoms with E-state index in [2.05, 4.69) is 63.4 Å². The highest BCUT2D eigenvalue weighted by atomic mass is 16.5. The summed E-state index contributed by atoms with van der Waals surface area (Å²) < 4.78 is 5.18. The summed E-state index contributed by atoms with van der Waals surface area (Å²) in [4.78, 5) is 40.4. The summed E-state index contributed by atoms with van der Waals surface area (Å²) in [6, 6.07) is 21.2. The summed E-state index contributed by atoms with van der Waals surface area (Å²) in [7, 11) is 1.59. The van der Waals surface area contributed by atoms with Gasteiger partial charge in [0.05, 0.1) is 24.5 Å². The van der Waals surface area contributed by atoms with Gasteiger partial charge in [-0.15, -0.1) is 0 Å². The van der Waals surface area contributed by atoms with Crippen LogP contribution in [0.5, 0.6) is 0 Å². The Kier molecular flexibility index (Phi) is 9.35. The first-order valence-electron chi connectivity index (χ1n) is 12.8. The summed E-state index contributed by atoms with van der Waals surface area (Å²) in [5.41, 5.74) is 3.52. The van der Waals surface area contributed by atoms with Gasteiger partial charge in [0.25, 0.3) is 5.91 Å². The first-order chi connectivity index (χ1) is 18.1. The van der Waals surface area contributed by atoms with E-state index in [1.165, 1.54) is 17.3 Å². The predicted octanol–water partition coefficient (Wildman–Crippen LogP) is 3.20. The molecule has 0 saturated carbocycles. The number of methoxy groups -OCH3 is 1. The van der Waals surface area contributed by atoms with Crippen LogP contribution in [0.25, 0.3) is 0 Å². The fourth-order valence-electron chi connectivity index (χ4n) is 4.68. The molecule has 194 valence electrons. The molecular formula is C29H35N5O3. The molecule has 8 nitrogen and oxygen atoms in total. The molecule has 1 aromatic heterocycles. The molecule has 1 fully saturated rings. The van der Waals surface area contributed by atoms with Gasteiger partial charge in [0, 0.05) is 59.0 Å². The molecule has 2 amide bonds. The number of hydrogen-bond donors (Lipinski definition) is 0. The average molecular weight is 502 g/mol. The lowest BCUT2D eigenvalue weighted by Crippen LogP contribution is -2.50. The maximum absolute atomic E-state index is 13.1. The van der Waals surface area contributed by atoms with E-state index in [1.807, 2.05) is 24.0 Å². The Morgan fingerprint density at radius 1 is 0.892 bits per heavy atom. The second kappa shape index (κ2) is 13.1. The highest BCUT2D eigenvalue weighted by molar-refractivity contribution is 5.92. The number of nitrogens with zero attached hydrogens (tertiary/aromatic N) is 5. The Hall–Kier alpha value is -3.62. The second-order valence-electron chi connectivity index (χ2n) is 9.22. The van der Waals surface area contributed by atoms with Crippen molar-refractivity contribution in [3.8, 4) is 0 Å². The van der Waals surface area contributed by atoms with Crippen molar-refractivity contribution in [2.24, 2.45) is 0 Å². The summed E-state index contributed by atoms with van der Waals surface area (Å²) in [5.74, 6) is -0.184. The molecule has 37 heavy (non-hydrogen) atoms. The van der Waals surface area contributed by atoms with Gasteiger partial charge < -0.3 is 14.5 Å². The Labute approximate surface area is 218 Å². The lowest BCUT2D eigenvalue weighted by molar-refractivity contribution is -0.133. The van der Waals surface area contributed by atoms with E-state index in [9.17, 15) is 9.59 Å². The first-order valence-corrected chi connectivity index (χ1v) is 12.8. The van der Waals surface area contributed by atoms with Crippen molar-refractivity contribution < 1.29 is 14.3 Å².